The molecule has 2 rings (SSSR count). The van der Waals surface area contributed by atoms with Crippen molar-refractivity contribution >= 4 is 5.84 Å². The molecule has 2 aromatic rings. The first-order valence-electron chi connectivity index (χ1n) is 6.86. The number of nitrogen functional groups attached to an aromatic ring is 1. The molecule has 0 atom stereocenters. The van der Waals surface area contributed by atoms with Crippen LogP contribution in [0, 0.1) is 12.3 Å². The van der Waals surface area contributed by atoms with Crippen LogP contribution in [-0.4, -0.2) is 15.6 Å². The fourth-order valence-corrected chi connectivity index (χ4v) is 2.20. The Hall–Kier alpha value is -2.30. The van der Waals surface area contributed by atoms with Gasteiger partial charge in [0, 0.05) is 7.05 Å². The summed E-state index contributed by atoms with van der Waals surface area (Å²) in [6, 6.07) is 7.94. The monoisotopic (exact) mass is 286 g/mol. The van der Waals surface area contributed by atoms with E-state index in [2.05, 4.69) is 25.9 Å². The number of amidine groups is 1. The minimum Gasteiger partial charge on any atom is -0.439 e. The fraction of sp³-hybridized carbons (Fsp3) is 0.375. The van der Waals surface area contributed by atoms with Crippen LogP contribution in [0.2, 0.25) is 0 Å². The van der Waals surface area contributed by atoms with Gasteiger partial charge in [0.1, 0.15) is 17.1 Å². The van der Waals surface area contributed by atoms with Crippen molar-refractivity contribution in [3.8, 4) is 11.6 Å². The van der Waals surface area contributed by atoms with E-state index in [1.54, 1.807) is 11.7 Å². The molecule has 1 aromatic heterocycles. The highest BCUT2D eigenvalue weighted by Gasteiger charge is 2.18. The van der Waals surface area contributed by atoms with Crippen LogP contribution in [0.15, 0.2) is 24.3 Å². The molecule has 21 heavy (non-hydrogen) atoms. The molecule has 1 aromatic carbocycles. The summed E-state index contributed by atoms with van der Waals surface area (Å²) in [4.78, 5) is 0. The molecule has 112 valence electrons. The van der Waals surface area contributed by atoms with Gasteiger partial charge >= 0.3 is 0 Å². The highest BCUT2D eigenvalue weighted by molar-refractivity contribution is 5.98. The van der Waals surface area contributed by atoms with E-state index in [4.69, 9.17) is 15.9 Å². The first kappa shape index (κ1) is 15.1. The van der Waals surface area contributed by atoms with E-state index < -0.39 is 0 Å². The summed E-state index contributed by atoms with van der Waals surface area (Å²) in [6.07, 6.45) is 0. The van der Waals surface area contributed by atoms with Crippen LogP contribution in [0.5, 0.6) is 11.6 Å². The maximum Gasteiger partial charge on any atom is 0.228 e. The molecule has 1 heterocycles. The predicted molar refractivity (Wildman–Crippen MR) is 84.2 cm³/mol. The Morgan fingerprint density at radius 1 is 1.24 bits per heavy atom. The number of rotatable bonds is 3. The van der Waals surface area contributed by atoms with E-state index in [-0.39, 0.29) is 11.3 Å². The van der Waals surface area contributed by atoms with Crippen molar-refractivity contribution in [3.63, 3.8) is 0 Å². The number of nitrogens with one attached hydrogen (secondary N) is 1. The summed E-state index contributed by atoms with van der Waals surface area (Å²) in [6.45, 7) is 8.32. The number of hydrogen-bond acceptors (Lipinski definition) is 3. The summed E-state index contributed by atoms with van der Waals surface area (Å²) < 4.78 is 7.47. The zero-order valence-corrected chi connectivity index (χ0v) is 13.2. The third kappa shape index (κ3) is 3.07. The summed E-state index contributed by atoms with van der Waals surface area (Å²) in [5.74, 6) is 1.15. The van der Waals surface area contributed by atoms with Crippen LogP contribution < -0.4 is 10.5 Å². The second kappa shape index (κ2) is 5.24. The Morgan fingerprint density at radius 3 is 2.29 bits per heavy atom. The molecule has 0 fully saturated rings. The first-order chi connectivity index (χ1) is 9.70. The largest absolute Gasteiger partial charge is 0.439 e. The number of aryl methyl sites for hydroxylation is 2. The van der Waals surface area contributed by atoms with Crippen molar-refractivity contribution in [1.29, 1.82) is 5.41 Å². The molecule has 0 saturated heterocycles. The predicted octanol–water partition coefficient (Wildman–Crippen LogP) is 3.10. The molecule has 0 aliphatic rings. The quantitative estimate of drug-likeness (QED) is 0.672. The number of aromatic nitrogens is 2. The molecule has 5 nitrogen and oxygen atoms in total. The standard InChI is InChI=1S/C16H22N4O/c1-10-13(14(17)18)15(20(5)19-10)21-12-8-6-11(7-9-12)16(2,3)4/h6-9H,1-5H3,(H3,17,18). The summed E-state index contributed by atoms with van der Waals surface area (Å²) in [5.41, 5.74) is 8.18. The zero-order chi connectivity index (χ0) is 15.8. The molecule has 5 heteroatoms. The minimum absolute atomic E-state index is 0.0399. The van der Waals surface area contributed by atoms with Gasteiger partial charge in [-0.15, -0.1) is 0 Å². The Bertz CT molecular complexity index is 663. The Kier molecular flexibility index (Phi) is 3.77. The molecule has 0 aliphatic heterocycles. The lowest BCUT2D eigenvalue weighted by atomic mass is 9.87. The summed E-state index contributed by atoms with van der Waals surface area (Å²) >= 11 is 0. The van der Waals surface area contributed by atoms with Gasteiger partial charge in [-0.2, -0.15) is 5.10 Å². The van der Waals surface area contributed by atoms with Crippen LogP contribution >= 0.6 is 0 Å². The number of nitrogens with two attached hydrogens (primary N) is 1. The van der Waals surface area contributed by atoms with Gasteiger partial charge < -0.3 is 10.5 Å². The van der Waals surface area contributed by atoms with Gasteiger partial charge in [0.2, 0.25) is 5.88 Å². The van der Waals surface area contributed by atoms with Crippen LogP contribution in [-0.2, 0) is 12.5 Å². The molecule has 0 amide bonds. The minimum atomic E-state index is -0.0399. The molecule has 3 N–H and O–H groups in total. The van der Waals surface area contributed by atoms with Crippen molar-refractivity contribution in [2.75, 3.05) is 0 Å². The third-order valence-electron chi connectivity index (χ3n) is 3.37. The van der Waals surface area contributed by atoms with Crippen molar-refractivity contribution in [3.05, 3.63) is 41.1 Å². The average Bonchev–Trinajstić information content (AvgIpc) is 2.63. The Labute approximate surface area is 125 Å². The summed E-state index contributed by atoms with van der Waals surface area (Å²) in [7, 11) is 1.78. The molecule has 0 radical (unpaired) electrons. The van der Waals surface area contributed by atoms with Crippen molar-refractivity contribution in [2.45, 2.75) is 33.1 Å². The number of benzene rings is 1. The highest BCUT2D eigenvalue weighted by Crippen LogP contribution is 2.29. The van der Waals surface area contributed by atoms with E-state index in [1.165, 1.54) is 5.56 Å². The maximum absolute atomic E-state index is 7.66. The van der Waals surface area contributed by atoms with Gasteiger partial charge in [0.25, 0.3) is 0 Å². The molecule has 0 bridgehead atoms. The summed E-state index contributed by atoms with van der Waals surface area (Å²) in [5, 5.41) is 11.9. The van der Waals surface area contributed by atoms with Crippen molar-refractivity contribution in [1.82, 2.24) is 9.78 Å². The molecule has 0 unspecified atom stereocenters. The molecular weight excluding hydrogens is 264 g/mol. The van der Waals surface area contributed by atoms with Gasteiger partial charge in [0.05, 0.1) is 5.69 Å². The Balaban J connectivity index is 2.33. The molecule has 0 saturated carbocycles. The topological polar surface area (TPSA) is 76.9 Å². The van der Waals surface area contributed by atoms with Gasteiger partial charge in [0.15, 0.2) is 0 Å². The second-order valence-electron chi connectivity index (χ2n) is 6.18. The van der Waals surface area contributed by atoms with E-state index in [0.29, 0.717) is 22.9 Å². The lowest BCUT2D eigenvalue weighted by Gasteiger charge is -2.19. The van der Waals surface area contributed by atoms with Gasteiger partial charge in [-0.1, -0.05) is 32.9 Å². The average molecular weight is 286 g/mol. The lowest BCUT2D eigenvalue weighted by molar-refractivity contribution is 0.429. The van der Waals surface area contributed by atoms with Crippen LogP contribution in [0.1, 0.15) is 37.6 Å². The van der Waals surface area contributed by atoms with Crippen LogP contribution in [0.25, 0.3) is 0 Å². The molecule has 0 spiro atoms. The van der Waals surface area contributed by atoms with Crippen molar-refractivity contribution < 1.29 is 4.74 Å². The zero-order valence-electron chi connectivity index (χ0n) is 13.2. The van der Waals surface area contributed by atoms with E-state index >= 15 is 0 Å². The molecule has 0 aliphatic carbocycles. The number of hydrogen-bond donors (Lipinski definition) is 2. The van der Waals surface area contributed by atoms with E-state index in [9.17, 15) is 0 Å². The fourth-order valence-electron chi connectivity index (χ4n) is 2.20. The number of nitrogens with zero attached hydrogens (tertiary/aromatic N) is 2. The van der Waals surface area contributed by atoms with E-state index in [1.807, 2.05) is 31.2 Å². The molecular formula is C16H22N4O. The maximum atomic E-state index is 7.66. The van der Waals surface area contributed by atoms with Crippen molar-refractivity contribution in [2.24, 2.45) is 12.8 Å². The Morgan fingerprint density at radius 2 is 1.81 bits per heavy atom. The van der Waals surface area contributed by atoms with E-state index in [0.717, 1.165) is 0 Å². The normalized spacial score (nSPS) is 11.5. The lowest BCUT2D eigenvalue weighted by Crippen LogP contribution is -2.13. The second-order valence-corrected chi connectivity index (χ2v) is 6.18. The van der Waals surface area contributed by atoms with Gasteiger partial charge in [-0.05, 0) is 30.0 Å². The SMILES string of the molecule is Cc1nn(C)c(Oc2ccc(C(C)(C)C)cc2)c1C(=N)N. The highest BCUT2D eigenvalue weighted by atomic mass is 16.5. The number of ether oxygens (including phenoxy) is 1. The van der Waals surface area contributed by atoms with Crippen LogP contribution in [0.3, 0.4) is 0 Å². The first-order valence-corrected chi connectivity index (χ1v) is 6.86. The van der Waals surface area contributed by atoms with Gasteiger partial charge in [-0.3, -0.25) is 5.41 Å². The smallest absolute Gasteiger partial charge is 0.228 e. The van der Waals surface area contributed by atoms with Gasteiger partial charge in [-0.25, -0.2) is 4.68 Å². The van der Waals surface area contributed by atoms with Crippen LogP contribution in [0.4, 0.5) is 0 Å². The third-order valence-corrected chi connectivity index (χ3v) is 3.37.